The summed E-state index contributed by atoms with van der Waals surface area (Å²) in [5.41, 5.74) is -1.17. The van der Waals surface area contributed by atoms with E-state index in [4.69, 9.17) is 9.47 Å². The van der Waals surface area contributed by atoms with Crippen LogP contribution in [0.3, 0.4) is 0 Å². The smallest absolute Gasteiger partial charge is 0.408 e. The summed E-state index contributed by atoms with van der Waals surface area (Å²) < 4.78 is 11.4. The molecule has 0 bridgehead atoms. The van der Waals surface area contributed by atoms with Crippen molar-refractivity contribution >= 4 is 34.7 Å². The highest BCUT2D eigenvalue weighted by atomic mass is 127. The average molecular weight is 402 g/mol. The molecule has 118 valence electrons. The average Bonchev–Trinajstić information content (AvgIpc) is 2.18. The maximum atomic E-state index is 12.1. The summed E-state index contributed by atoms with van der Waals surface area (Å²) in [6.45, 7) is 10.7. The molecule has 0 aromatic heterocycles. The zero-order valence-electron chi connectivity index (χ0n) is 13.2. The number of esters is 1. The second-order valence-electron chi connectivity index (χ2n) is 6.56. The number of ether oxygens (including phenoxy) is 2. The van der Waals surface area contributed by atoms with E-state index in [1.165, 1.54) is 0 Å². The van der Waals surface area contributed by atoms with Crippen LogP contribution in [0.2, 0.25) is 0 Å². The Morgan fingerprint density at radius 3 is 1.95 bits per heavy atom. The van der Waals surface area contributed by atoms with E-state index in [-0.39, 0.29) is 0 Å². The minimum Gasteiger partial charge on any atom is -0.458 e. The van der Waals surface area contributed by atoms with Crippen LogP contribution >= 0.6 is 22.6 Å². The molecule has 0 aliphatic rings. The molecule has 0 saturated carbocycles. The highest BCUT2D eigenvalue weighted by molar-refractivity contribution is 14.1. The first-order chi connectivity index (χ1) is 8.94. The van der Waals surface area contributed by atoms with Gasteiger partial charge in [-0.05, 0) is 58.8 Å². The Hall–Kier alpha value is -0.530. The third-order valence-electron chi connectivity index (χ3n) is 2.01. The van der Waals surface area contributed by atoms with E-state index in [0.29, 0.717) is 6.42 Å². The van der Waals surface area contributed by atoms with Gasteiger partial charge in [-0.3, -0.25) is 0 Å². The highest BCUT2D eigenvalue weighted by Gasteiger charge is 2.28. The first kappa shape index (κ1) is 19.5. The maximum absolute atomic E-state index is 12.1. The first-order valence-electron chi connectivity index (χ1n) is 6.73. The summed E-state index contributed by atoms with van der Waals surface area (Å²) in [4.78, 5) is 23.8. The molecule has 0 radical (unpaired) electrons. The SMILES string of the molecule is CC(C)(C)OC(=O)[15NH][C@H]([13CH2]C[13CH2]I)C(=O)OC(C)(C)C. The predicted molar refractivity (Wildman–Crippen MR) is 87.1 cm³/mol. The Morgan fingerprint density at radius 2 is 1.55 bits per heavy atom. The van der Waals surface area contributed by atoms with Crippen molar-refractivity contribution in [1.82, 2.24) is 5.32 Å². The number of alkyl halides is 1. The third kappa shape index (κ3) is 10.3. The molecular weight excluding hydrogens is 376 g/mol. The predicted octanol–water partition coefficient (Wildman–Crippen LogP) is 3.44. The van der Waals surface area contributed by atoms with Crippen LogP contribution in [0.5, 0.6) is 0 Å². The van der Waals surface area contributed by atoms with E-state index >= 15 is 0 Å². The molecule has 0 aromatic rings. The van der Waals surface area contributed by atoms with Crippen LogP contribution in [-0.2, 0) is 14.3 Å². The van der Waals surface area contributed by atoms with E-state index < -0.39 is 29.3 Å². The molecule has 5 nitrogen and oxygen atoms in total. The summed E-state index contributed by atoms with van der Waals surface area (Å²) in [7, 11) is 0. The number of carbonyl (C=O) groups is 2. The fourth-order valence-corrected chi connectivity index (χ4v) is 1.79. The Bertz CT molecular complexity index is 331. The van der Waals surface area contributed by atoms with Crippen LogP contribution in [0, 0.1) is 0 Å². The van der Waals surface area contributed by atoms with Gasteiger partial charge in [0.25, 0.3) is 0 Å². The zero-order chi connectivity index (χ0) is 16.0. The molecule has 1 amide bonds. The molecule has 0 rings (SSSR count). The molecular formula is C14H26INO4. The second kappa shape index (κ2) is 8.05. The summed E-state index contributed by atoms with van der Waals surface area (Å²) in [5, 5.41) is 2.59. The lowest BCUT2D eigenvalue weighted by Crippen LogP contribution is -2.46. The molecule has 0 spiro atoms. The molecule has 20 heavy (non-hydrogen) atoms. The summed E-state index contributed by atoms with van der Waals surface area (Å²) in [5.74, 6) is -0.423. The van der Waals surface area contributed by atoms with E-state index in [2.05, 4.69) is 27.9 Å². The van der Waals surface area contributed by atoms with Crippen LogP contribution in [0.4, 0.5) is 4.79 Å². The van der Waals surface area contributed by atoms with Gasteiger partial charge in [0.1, 0.15) is 17.2 Å². The first-order valence-corrected chi connectivity index (χ1v) is 8.25. The number of rotatable bonds is 5. The third-order valence-corrected chi connectivity index (χ3v) is 2.77. The number of halogens is 1. The Labute approximate surface area is 135 Å². The Balaban J connectivity index is 4.63. The van der Waals surface area contributed by atoms with E-state index in [0.717, 1.165) is 10.8 Å². The minimum absolute atomic E-state index is 0.423. The number of amides is 1. The number of carbonyl (C=O) groups excluding carboxylic acids is 2. The van der Waals surface area contributed by atoms with Gasteiger partial charge in [-0.25, -0.2) is 9.59 Å². The molecule has 0 aromatic carbocycles. The van der Waals surface area contributed by atoms with Gasteiger partial charge in [-0.2, -0.15) is 0 Å². The Kier molecular flexibility index (Phi) is 7.83. The topological polar surface area (TPSA) is 64.6 Å². The molecule has 0 unspecified atom stereocenters. The van der Waals surface area contributed by atoms with E-state index in [1.807, 2.05) is 0 Å². The van der Waals surface area contributed by atoms with Crippen molar-refractivity contribution in [3.8, 4) is 0 Å². The van der Waals surface area contributed by atoms with Crippen LogP contribution < -0.4 is 5.32 Å². The number of hydrogen-bond acceptors (Lipinski definition) is 4. The van der Waals surface area contributed by atoms with Crippen molar-refractivity contribution in [1.29, 1.82) is 0 Å². The van der Waals surface area contributed by atoms with Gasteiger partial charge in [-0.1, -0.05) is 22.6 Å². The van der Waals surface area contributed by atoms with Crippen LogP contribution in [-0.4, -0.2) is 33.7 Å². The van der Waals surface area contributed by atoms with Gasteiger partial charge in [0, 0.05) is 0 Å². The second-order valence-corrected chi connectivity index (χ2v) is 7.64. The summed E-state index contributed by atoms with van der Waals surface area (Å²) in [6.07, 6.45) is 0.763. The highest BCUT2D eigenvalue weighted by Crippen LogP contribution is 2.13. The molecule has 1 atom stereocenters. The van der Waals surface area contributed by atoms with Gasteiger partial charge in [0.2, 0.25) is 0 Å². The van der Waals surface area contributed by atoms with Gasteiger partial charge in [0.15, 0.2) is 0 Å². The number of nitrogens with one attached hydrogen (secondary N) is 1. The molecule has 0 aliphatic carbocycles. The van der Waals surface area contributed by atoms with Crippen molar-refractivity contribution in [2.45, 2.75) is 71.6 Å². The molecule has 0 heterocycles. The largest absolute Gasteiger partial charge is 0.458 e. The van der Waals surface area contributed by atoms with Crippen molar-refractivity contribution < 1.29 is 19.1 Å². The fraction of sp³-hybridized carbons (Fsp3) is 0.857. The summed E-state index contributed by atoms with van der Waals surface area (Å²) >= 11 is 2.23. The van der Waals surface area contributed by atoms with Crippen molar-refractivity contribution in [2.24, 2.45) is 0 Å². The standard InChI is InChI=1S/C14H26INO4/c1-13(2,3)19-11(17)10(8-7-9-15)16-12(18)20-14(4,5)6/h10H,7-9H2,1-6H3,(H,16,18)/t10-/m1/s1/i8+1,9+1,16+1. The molecule has 1 N–H and O–H groups in total. The van der Waals surface area contributed by atoms with Gasteiger partial charge in [0.05, 0.1) is 0 Å². The number of alkyl carbamates (subject to hydrolysis) is 1. The van der Waals surface area contributed by atoms with Gasteiger partial charge < -0.3 is 14.8 Å². The summed E-state index contributed by atoms with van der Waals surface area (Å²) in [6, 6.07) is -0.668. The molecule has 0 fully saturated rings. The molecule has 6 heteroatoms. The lowest BCUT2D eigenvalue weighted by Gasteiger charge is -2.26. The van der Waals surface area contributed by atoms with Gasteiger partial charge in [-0.15, -0.1) is 0 Å². The lowest BCUT2D eigenvalue weighted by molar-refractivity contribution is -0.157. The van der Waals surface area contributed by atoms with Gasteiger partial charge >= 0.3 is 12.1 Å². The zero-order valence-corrected chi connectivity index (χ0v) is 15.4. The number of hydrogen-bond donors (Lipinski definition) is 1. The van der Waals surface area contributed by atoms with E-state index in [1.54, 1.807) is 41.5 Å². The molecule has 0 aliphatic heterocycles. The van der Waals surface area contributed by atoms with Crippen molar-refractivity contribution in [3.05, 3.63) is 0 Å². The quantitative estimate of drug-likeness (QED) is 0.252. The fourth-order valence-electron chi connectivity index (χ4n) is 1.35. The van der Waals surface area contributed by atoms with Crippen molar-refractivity contribution in [3.63, 3.8) is 0 Å². The van der Waals surface area contributed by atoms with Crippen LogP contribution in [0.25, 0.3) is 0 Å². The van der Waals surface area contributed by atoms with Crippen LogP contribution in [0.1, 0.15) is 54.4 Å². The molecule has 0 saturated heterocycles. The Morgan fingerprint density at radius 1 is 1.05 bits per heavy atom. The normalized spacial score (nSPS) is 13.6. The van der Waals surface area contributed by atoms with E-state index in [9.17, 15) is 9.59 Å². The maximum Gasteiger partial charge on any atom is 0.408 e. The monoisotopic (exact) mass is 402 g/mol. The van der Waals surface area contributed by atoms with Crippen molar-refractivity contribution in [2.75, 3.05) is 4.43 Å². The minimum atomic E-state index is -0.668. The van der Waals surface area contributed by atoms with Crippen LogP contribution in [0.15, 0.2) is 0 Å². The lowest BCUT2D eigenvalue weighted by atomic mass is 10.2.